The molecule has 0 aliphatic heterocycles. The van der Waals surface area contributed by atoms with Gasteiger partial charge < -0.3 is 5.73 Å². The largest absolute Gasteiger partial charge is 0.398 e. The molecule has 108 valence electrons. The number of fused-ring (bicyclic) bond motifs is 1. The first-order valence-electron chi connectivity index (χ1n) is 8.72. The first-order valence-corrected chi connectivity index (χ1v) is 6.22. The Morgan fingerprint density at radius 2 is 2.19 bits per heavy atom. The lowest BCUT2D eigenvalue weighted by molar-refractivity contribution is -0.132. The summed E-state index contributed by atoms with van der Waals surface area (Å²) >= 11 is 0. The van der Waals surface area contributed by atoms with Crippen LogP contribution in [0, 0.1) is 6.92 Å². The zero-order valence-electron chi connectivity index (χ0n) is 16.1. The number of carbonyl (C=O) groups is 2. The Balaban J connectivity index is 2.45. The molecule has 1 fully saturated rings. The molecule has 1 heterocycles. The van der Waals surface area contributed by atoms with Crippen molar-refractivity contribution in [2.24, 2.45) is 0 Å². The molecule has 1 saturated carbocycles. The summed E-state index contributed by atoms with van der Waals surface area (Å²) in [5.41, 5.74) is 5.10. The molecule has 1 aromatic carbocycles. The molecule has 6 nitrogen and oxygen atoms in total. The molecule has 1 unspecified atom stereocenters. The number of rotatable bonds is 1. The highest BCUT2D eigenvalue weighted by Gasteiger charge is 2.30. The number of anilines is 1. The Bertz CT molecular complexity index is 1030. The second-order valence-corrected chi connectivity index (χ2v) is 4.66. The monoisotopic (exact) mass is 290 g/mol. The standard InChI is InChI=1S/C15H15N3O3/c1-8-17-11-4-2-3-10(16)14(11)15(21)18(8)12-6-5-9(19)7-13(12)20/h2-4,12H,5-7,16H2,1H3/i5D2,6D2,12D. The van der Waals surface area contributed by atoms with Gasteiger partial charge in [-0.25, -0.2) is 4.98 Å². The molecule has 1 atom stereocenters. The first kappa shape index (κ1) is 8.71. The SMILES string of the molecule is [2H]C1([2H])C(=O)CC(=O)C([2H])(n2c(C)nc3cccc(N)c3c2=O)C1([2H])[2H]. The fourth-order valence-corrected chi connectivity index (χ4v) is 2.28. The van der Waals surface area contributed by atoms with Crippen molar-refractivity contribution in [1.29, 1.82) is 0 Å². The summed E-state index contributed by atoms with van der Waals surface area (Å²) in [6, 6.07) is 1.48. The Morgan fingerprint density at radius 3 is 2.95 bits per heavy atom. The summed E-state index contributed by atoms with van der Waals surface area (Å²) in [5, 5.41) is -0.106. The molecule has 0 amide bonds. The highest BCUT2D eigenvalue weighted by Crippen LogP contribution is 2.24. The Morgan fingerprint density at radius 1 is 1.43 bits per heavy atom. The molecule has 1 aliphatic rings. The van der Waals surface area contributed by atoms with Crippen LogP contribution in [0.5, 0.6) is 0 Å². The number of ketones is 2. The van der Waals surface area contributed by atoms with E-state index < -0.39 is 42.3 Å². The summed E-state index contributed by atoms with van der Waals surface area (Å²) < 4.78 is 40.7. The van der Waals surface area contributed by atoms with Crippen LogP contribution in [0.2, 0.25) is 0 Å². The highest BCUT2D eigenvalue weighted by atomic mass is 16.2. The van der Waals surface area contributed by atoms with E-state index in [0.29, 0.717) is 4.57 Å². The number of hydrogen-bond donors (Lipinski definition) is 1. The van der Waals surface area contributed by atoms with E-state index in [4.69, 9.17) is 12.6 Å². The average Bonchev–Trinajstić information content (AvgIpc) is 2.52. The first-order chi connectivity index (χ1) is 11.9. The minimum atomic E-state index is -3.31. The normalized spacial score (nSPS) is 31.0. The summed E-state index contributed by atoms with van der Waals surface area (Å²) in [6.45, 7) is 1.30. The molecular weight excluding hydrogens is 270 g/mol. The lowest BCUT2D eigenvalue weighted by Crippen LogP contribution is -2.36. The van der Waals surface area contributed by atoms with Crippen LogP contribution in [0.4, 0.5) is 5.69 Å². The number of nitrogen functional groups attached to an aromatic ring is 1. The third-order valence-electron chi connectivity index (χ3n) is 3.23. The number of aromatic nitrogens is 2. The summed E-state index contributed by atoms with van der Waals surface area (Å²) in [7, 11) is 0. The zero-order chi connectivity index (χ0) is 19.7. The van der Waals surface area contributed by atoms with Crippen LogP contribution in [0.3, 0.4) is 0 Å². The maximum atomic E-state index is 13.0. The molecule has 0 spiro atoms. The lowest BCUT2D eigenvalue weighted by Gasteiger charge is -2.24. The number of nitrogens with two attached hydrogens (primary N) is 1. The van der Waals surface area contributed by atoms with Crippen molar-refractivity contribution in [3.63, 3.8) is 0 Å². The van der Waals surface area contributed by atoms with Crippen LogP contribution < -0.4 is 11.3 Å². The number of aryl methyl sites for hydroxylation is 1. The van der Waals surface area contributed by atoms with Gasteiger partial charge in [-0.05, 0) is 25.4 Å². The molecular formula is C15H15N3O3. The van der Waals surface area contributed by atoms with E-state index in [-0.39, 0.29) is 22.4 Å². The van der Waals surface area contributed by atoms with E-state index in [9.17, 15) is 14.4 Å². The number of benzene rings is 1. The van der Waals surface area contributed by atoms with Gasteiger partial charge in [0, 0.05) is 17.5 Å². The number of nitrogens with zero attached hydrogens (tertiary/aromatic N) is 2. The van der Waals surface area contributed by atoms with Crippen molar-refractivity contribution in [1.82, 2.24) is 9.55 Å². The van der Waals surface area contributed by atoms with E-state index in [1.54, 1.807) is 6.07 Å². The van der Waals surface area contributed by atoms with Gasteiger partial charge in [0.1, 0.15) is 11.6 Å². The number of carbonyl (C=O) groups excluding carboxylic acids is 2. The smallest absolute Gasteiger partial charge is 0.264 e. The van der Waals surface area contributed by atoms with Gasteiger partial charge in [-0.1, -0.05) is 6.07 Å². The number of hydrogen-bond acceptors (Lipinski definition) is 5. The van der Waals surface area contributed by atoms with Gasteiger partial charge in [0.05, 0.1) is 24.7 Å². The maximum absolute atomic E-state index is 13.0. The third kappa shape index (κ3) is 2.12. The van der Waals surface area contributed by atoms with Crippen LogP contribution in [0.1, 0.15) is 37.9 Å². The Kier molecular flexibility index (Phi) is 1.99. The van der Waals surface area contributed by atoms with Crippen LogP contribution in [0.15, 0.2) is 23.0 Å². The molecule has 3 rings (SSSR count). The minimum Gasteiger partial charge on any atom is -0.398 e. The van der Waals surface area contributed by atoms with Crippen molar-refractivity contribution in [3.8, 4) is 0 Å². The van der Waals surface area contributed by atoms with Gasteiger partial charge >= 0.3 is 0 Å². The molecule has 21 heavy (non-hydrogen) atoms. The molecule has 0 radical (unpaired) electrons. The van der Waals surface area contributed by atoms with Gasteiger partial charge in [-0.3, -0.25) is 19.0 Å². The Labute approximate surface area is 127 Å². The fraction of sp³-hybridized carbons (Fsp3) is 0.333. The van der Waals surface area contributed by atoms with E-state index in [0.717, 1.165) is 0 Å². The predicted octanol–water partition coefficient (Wildman–Crippen LogP) is 1.15. The second-order valence-electron chi connectivity index (χ2n) is 4.66. The summed E-state index contributed by atoms with van der Waals surface area (Å²) in [4.78, 5) is 41.5. The quantitative estimate of drug-likeness (QED) is 0.628. The lowest BCUT2D eigenvalue weighted by atomic mass is 9.92. The average molecular weight is 290 g/mol. The van der Waals surface area contributed by atoms with Gasteiger partial charge in [0.25, 0.3) is 5.56 Å². The molecule has 1 aliphatic carbocycles. The van der Waals surface area contributed by atoms with Crippen LogP contribution in [-0.4, -0.2) is 21.1 Å². The third-order valence-corrected chi connectivity index (χ3v) is 3.23. The molecule has 0 saturated heterocycles. The molecule has 2 aromatic rings. The van der Waals surface area contributed by atoms with Crippen molar-refractivity contribution < 1.29 is 16.4 Å². The molecule has 0 bridgehead atoms. The van der Waals surface area contributed by atoms with Crippen LogP contribution >= 0.6 is 0 Å². The fourth-order valence-electron chi connectivity index (χ4n) is 2.28. The molecule has 2 N–H and O–H groups in total. The molecule has 1 aromatic heterocycles. The van der Waals surface area contributed by atoms with Gasteiger partial charge in [0.2, 0.25) is 0 Å². The van der Waals surface area contributed by atoms with Gasteiger partial charge in [-0.15, -0.1) is 0 Å². The highest BCUT2D eigenvalue weighted by molar-refractivity contribution is 6.03. The van der Waals surface area contributed by atoms with Crippen molar-refractivity contribution >= 4 is 28.2 Å². The van der Waals surface area contributed by atoms with Crippen molar-refractivity contribution in [2.75, 3.05) is 5.73 Å². The zero-order valence-corrected chi connectivity index (χ0v) is 11.1. The summed E-state index contributed by atoms with van der Waals surface area (Å²) in [6.07, 6.45) is -7.43. The second kappa shape index (κ2) is 4.80. The van der Waals surface area contributed by atoms with Gasteiger partial charge in [-0.2, -0.15) is 0 Å². The topological polar surface area (TPSA) is 95.1 Å². The van der Waals surface area contributed by atoms with Crippen LogP contribution in [-0.2, 0) is 9.59 Å². The van der Waals surface area contributed by atoms with E-state index in [2.05, 4.69) is 4.98 Å². The van der Waals surface area contributed by atoms with Gasteiger partial charge in [0.15, 0.2) is 5.78 Å². The van der Waals surface area contributed by atoms with E-state index in [1.807, 2.05) is 0 Å². The minimum absolute atomic E-state index is 0.0280. The maximum Gasteiger partial charge on any atom is 0.264 e. The van der Waals surface area contributed by atoms with Crippen LogP contribution in [0.25, 0.3) is 10.9 Å². The van der Waals surface area contributed by atoms with Crippen molar-refractivity contribution in [2.45, 2.75) is 32.1 Å². The van der Waals surface area contributed by atoms with E-state index >= 15 is 0 Å². The number of Topliss-reactive ketones (excluding diaryl/α,β-unsaturated/α-hetero) is 2. The van der Waals surface area contributed by atoms with E-state index in [1.165, 1.54) is 19.1 Å². The summed E-state index contributed by atoms with van der Waals surface area (Å²) in [5.74, 6) is -2.65. The predicted molar refractivity (Wildman–Crippen MR) is 78.1 cm³/mol. The van der Waals surface area contributed by atoms with Crippen molar-refractivity contribution in [3.05, 3.63) is 34.4 Å². The Hall–Kier alpha value is -2.50. The molecule has 6 heteroatoms.